The number of benzene rings is 2. The van der Waals surface area contributed by atoms with Crippen molar-refractivity contribution in [3.63, 3.8) is 0 Å². The molecule has 7 nitrogen and oxygen atoms in total. The summed E-state index contributed by atoms with van der Waals surface area (Å²) in [5.74, 6) is 0.619. The Labute approximate surface area is 162 Å². The van der Waals surface area contributed by atoms with Gasteiger partial charge in [0.2, 0.25) is 0 Å². The van der Waals surface area contributed by atoms with Crippen LogP contribution in [0.2, 0.25) is 0 Å². The molecule has 28 heavy (non-hydrogen) atoms. The standard InChI is InChI=1S/C21H20N2O5/c1-13-18(26-2)10-14(11-19(13)27-3)20(24)22-15-6-4-7-16(12-15)23-21(25)17-8-5-9-28-17/h4-12H,1-3H3,(H,22,24)(H,23,25). The number of nitrogens with one attached hydrogen (secondary N) is 2. The van der Waals surface area contributed by atoms with Crippen molar-refractivity contribution in [2.75, 3.05) is 24.9 Å². The minimum Gasteiger partial charge on any atom is -0.496 e. The van der Waals surface area contributed by atoms with Gasteiger partial charge in [0.1, 0.15) is 11.5 Å². The molecule has 2 amide bonds. The molecule has 3 aromatic rings. The smallest absolute Gasteiger partial charge is 0.291 e. The van der Waals surface area contributed by atoms with E-state index in [1.807, 2.05) is 6.92 Å². The molecule has 0 saturated carbocycles. The largest absolute Gasteiger partial charge is 0.496 e. The molecule has 0 unspecified atom stereocenters. The van der Waals surface area contributed by atoms with Crippen molar-refractivity contribution in [3.05, 3.63) is 71.7 Å². The zero-order valence-electron chi connectivity index (χ0n) is 15.7. The number of rotatable bonds is 6. The highest BCUT2D eigenvalue weighted by Gasteiger charge is 2.14. The fraction of sp³-hybridized carbons (Fsp3) is 0.143. The zero-order valence-corrected chi connectivity index (χ0v) is 15.7. The molecule has 0 atom stereocenters. The molecule has 0 radical (unpaired) electrons. The first kappa shape index (κ1) is 19.0. The number of anilines is 2. The molecular formula is C21H20N2O5. The van der Waals surface area contributed by atoms with E-state index in [-0.39, 0.29) is 17.6 Å². The summed E-state index contributed by atoms with van der Waals surface area (Å²) in [4.78, 5) is 24.7. The van der Waals surface area contributed by atoms with Crippen LogP contribution in [0.4, 0.5) is 11.4 Å². The van der Waals surface area contributed by atoms with Gasteiger partial charge >= 0.3 is 0 Å². The maximum atomic E-state index is 12.7. The van der Waals surface area contributed by atoms with Gasteiger partial charge in [-0.25, -0.2) is 0 Å². The Morgan fingerprint density at radius 3 is 2.00 bits per heavy atom. The lowest BCUT2D eigenvalue weighted by Gasteiger charge is -2.13. The molecule has 7 heteroatoms. The Kier molecular flexibility index (Phi) is 5.64. The zero-order chi connectivity index (χ0) is 20.1. The van der Waals surface area contributed by atoms with Gasteiger partial charge < -0.3 is 24.5 Å². The molecule has 144 valence electrons. The van der Waals surface area contributed by atoms with Crippen LogP contribution >= 0.6 is 0 Å². The van der Waals surface area contributed by atoms with E-state index in [1.54, 1.807) is 48.5 Å². The van der Waals surface area contributed by atoms with Crippen LogP contribution in [0.25, 0.3) is 0 Å². The third kappa shape index (κ3) is 4.15. The Morgan fingerprint density at radius 1 is 0.857 bits per heavy atom. The summed E-state index contributed by atoms with van der Waals surface area (Å²) in [5, 5.41) is 5.52. The van der Waals surface area contributed by atoms with Crippen LogP contribution in [0.3, 0.4) is 0 Å². The number of ether oxygens (including phenoxy) is 2. The van der Waals surface area contributed by atoms with E-state index in [4.69, 9.17) is 13.9 Å². The topological polar surface area (TPSA) is 89.8 Å². The van der Waals surface area contributed by atoms with Crippen LogP contribution in [0, 0.1) is 6.92 Å². The Hall–Kier alpha value is -3.74. The van der Waals surface area contributed by atoms with Crippen molar-refractivity contribution in [2.45, 2.75) is 6.92 Å². The maximum Gasteiger partial charge on any atom is 0.291 e. The van der Waals surface area contributed by atoms with E-state index in [0.717, 1.165) is 5.56 Å². The minimum atomic E-state index is -0.374. The van der Waals surface area contributed by atoms with E-state index >= 15 is 0 Å². The predicted molar refractivity (Wildman–Crippen MR) is 105 cm³/mol. The van der Waals surface area contributed by atoms with Gasteiger partial charge in [0.15, 0.2) is 5.76 Å². The summed E-state index contributed by atoms with van der Waals surface area (Å²) in [6, 6.07) is 13.3. The van der Waals surface area contributed by atoms with E-state index in [0.29, 0.717) is 28.4 Å². The number of methoxy groups -OCH3 is 2. The van der Waals surface area contributed by atoms with Crippen molar-refractivity contribution in [2.24, 2.45) is 0 Å². The van der Waals surface area contributed by atoms with Crippen molar-refractivity contribution < 1.29 is 23.5 Å². The summed E-state index contributed by atoms with van der Waals surface area (Å²) in [5.41, 5.74) is 2.26. The Bertz CT molecular complexity index is 971. The number of hydrogen-bond donors (Lipinski definition) is 2. The average Bonchev–Trinajstić information content (AvgIpc) is 3.23. The van der Waals surface area contributed by atoms with Gasteiger partial charge in [-0.15, -0.1) is 0 Å². The lowest BCUT2D eigenvalue weighted by atomic mass is 10.1. The molecule has 2 N–H and O–H groups in total. The summed E-state index contributed by atoms with van der Waals surface area (Å²) in [7, 11) is 3.07. The van der Waals surface area contributed by atoms with Gasteiger partial charge in [0.05, 0.1) is 20.5 Å². The number of amides is 2. The van der Waals surface area contributed by atoms with Crippen LogP contribution in [-0.2, 0) is 0 Å². The lowest BCUT2D eigenvalue weighted by Crippen LogP contribution is -2.14. The highest BCUT2D eigenvalue weighted by atomic mass is 16.5. The number of carbonyl (C=O) groups excluding carboxylic acids is 2. The molecule has 0 saturated heterocycles. The predicted octanol–water partition coefficient (Wildman–Crippen LogP) is 4.11. The summed E-state index contributed by atoms with van der Waals surface area (Å²) < 4.78 is 15.7. The highest BCUT2D eigenvalue weighted by Crippen LogP contribution is 2.30. The molecule has 1 heterocycles. The van der Waals surface area contributed by atoms with Crippen LogP contribution in [0.5, 0.6) is 11.5 Å². The molecule has 0 aliphatic rings. The third-order valence-electron chi connectivity index (χ3n) is 4.14. The SMILES string of the molecule is COc1cc(C(=O)Nc2cccc(NC(=O)c3ccco3)c2)cc(OC)c1C. The van der Waals surface area contributed by atoms with E-state index in [1.165, 1.54) is 20.5 Å². The number of carbonyl (C=O) groups is 2. The van der Waals surface area contributed by atoms with Crippen LogP contribution in [-0.4, -0.2) is 26.0 Å². The van der Waals surface area contributed by atoms with Gasteiger partial charge in [-0.3, -0.25) is 9.59 Å². The van der Waals surface area contributed by atoms with E-state index < -0.39 is 0 Å². The Morgan fingerprint density at radius 2 is 1.46 bits per heavy atom. The van der Waals surface area contributed by atoms with Gasteiger partial charge in [0, 0.05) is 22.5 Å². The summed E-state index contributed by atoms with van der Waals surface area (Å²) >= 11 is 0. The first-order chi connectivity index (χ1) is 13.5. The molecule has 3 rings (SSSR count). The second-order valence-electron chi connectivity index (χ2n) is 5.97. The molecule has 0 fully saturated rings. The summed E-state index contributed by atoms with van der Waals surface area (Å²) in [6.07, 6.45) is 1.43. The molecule has 0 aliphatic heterocycles. The first-order valence-electron chi connectivity index (χ1n) is 8.50. The van der Waals surface area contributed by atoms with E-state index in [9.17, 15) is 9.59 Å². The van der Waals surface area contributed by atoms with Gasteiger partial charge in [-0.2, -0.15) is 0 Å². The second-order valence-corrected chi connectivity index (χ2v) is 5.97. The molecular weight excluding hydrogens is 360 g/mol. The quantitative estimate of drug-likeness (QED) is 0.672. The molecule has 2 aromatic carbocycles. The Balaban J connectivity index is 1.77. The number of hydrogen-bond acceptors (Lipinski definition) is 5. The van der Waals surface area contributed by atoms with Crippen molar-refractivity contribution in [1.82, 2.24) is 0 Å². The van der Waals surface area contributed by atoms with Crippen molar-refractivity contribution >= 4 is 23.2 Å². The monoisotopic (exact) mass is 380 g/mol. The van der Waals surface area contributed by atoms with Crippen molar-refractivity contribution in [1.29, 1.82) is 0 Å². The second kappa shape index (κ2) is 8.30. The normalized spacial score (nSPS) is 10.2. The van der Waals surface area contributed by atoms with Crippen LogP contribution < -0.4 is 20.1 Å². The van der Waals surface area contributed by atoms with Gasteiger partial charge in [-0.05, 0) is 49.4 Å². The van der Waals surface area contributed by atoms with Crippen molar-refractivity contribution in [3.8, 4) is 11.5 Å². The average molecular weight is 380 g/mol. The molecule has 0 spiro atoms. The molecule has 0 bridgehead atoms. The van der Waals surface area contributed by atoms with Crippen LogP contribution in [0.15, 0.2) is 59.2 Å². The van der Waals surface area contributed by atoms with Gasteiger partial charge in [0.25, 0.3) is 11.8 Å². The fourth-order valence-corrected chi connectivity index (χ4v) is 2.70. The molecule has 1 aromatic heterocycles. The van der Waals surface area contributed by atoms with Gasteiger partial charge in [-0.1, -0.05) is 6.07 Å². The first-order valence-corrected chi connectivity index (χ1v) is 8.50. The maximum absolute atomic E-state index is 12.7. The third-order valence-corrected chi connectivity index (χ3v) is 4.14. The van der Waals surface area contributed by atoms with Crippen LogP contribution in [0.1, 0.15) is 26.5 Å². The fourth-order valence-electron chi connectivity index (χ4n) is 2.70. The van der Waals surface area contributed by atoms with E-state index in [2.05, 4.69) is 10.6 Å². The molecule has 0 aliphatic carbocycles. The lowest BCUT2D eigenvalue weighted by molar-refractivity contribution is 0.0995. The highest BCUT2D eigenvalue weighted by molar-refractivity contribution is 6.06. The summed E-state index contributed by atoms with van der Waals surface area (Å²) in [6.45, 7) is 1.85. The minimum absolute atomic E-state index is 0.202. The number of furan rings is 1.